The van der Waals surface area contributed by atoms with Crippen LogP contribution < -0.4 is 10.6 Å². The van der Waals surface area contributed by atoms with Gasteiger partial charge in [-0.1, -0.05) is 0 Å². The van der Waals surface area contributed by atoms with Gasteiger partial charge in [0.1, 0.15) is 11.6 Å². The number of aromatic nitrogens is 1. The highest BCUT2D eigenvalue weighted by Crippen LogP contribution is 2.11. The van der Waals surface area contributed by atoms with E-state index in [1.807, 2.05) is 20.0 Å². The number of nitrogens with one attached hydrogen (secondary N) is 2. The average Bonchev–Trinajstić information content (AvgIpc) is 2.93. The largest absolute Gasteiger partial charge is 0.357 e. The Kier molecular flexibility index (Phi) is 9.12. The maximum absolute atomic E-state index is 13.6. The van der Waals surface area contributed by atoms with Crippen LogP contribution in [0.25, 0.3) is 0 Å². The van der Waals surface area contributed by atoms with Gasteiger partial charge in [-0.2, -0.15) is 0 Å². The first kappa shape index (κ1) is 20.8. The first-order valence-electron chi connectivity index (χ1n) is 7.46. The van der Waals surface area contributed by atoms with E-state index in [0.29, 0.717) is 19.0 Å². The highest BCUT2D eigenvalue weighted by molar-refractivity contribution is 14.0. The number of nitrogens with zero attached hydrogens (tertiary/aromatic N) is 2. The van der Waals surface area contributed by atoms with Gasteiger partial charge < -0.3 is 10.6 Å². The fourth-order valence-electron chi connectivity index (χ4n) is 1.98. The Morgan fingerprint density at radius 3 is 2.75 bits per heavy atom. The molecule has 0 aliphatic heterocycles. The highest BCUT2D eigenvalue weighted by atomic mass is 127. The molecule has 1 heterocycles. The Morgan fingerprint density at radius 1 is 1.29 bits per heavy atom. The number of aliphatic imine (C=N–C) groups is 1. The summed E-state index contributed by atoms with van der Waals surface area (Å²) in [6.45, 7) is 5.41. The molecule has 1 aromatic heterocycles. The second-order valence-electron chi connectivity index (χ2n) is 4.97. The van der Waals surface area contributed by atoms with E-state index in [9.17, 15) is 8.78 Å². The quantitative estimate of drug-likeness (QED) is 0.389. The third-order valence-corrected chi connectivity index (χ3v) is 4.03. The van der Waals surface area contributed by atoms with Crippen LogP contribution in [0.3, 0.4) is 0 Å². The van der Waals surface area contributed by atoms with E-state index in [1.54, 1.807) is 11.3 Å². The SMILES string of the molecule is CCNC(=NCc1cc(F)ccc1F)NCCc1ncc(C)s1.I. The number of hydrogen-bond donors (Lipinski definition) is 2. The Morgan fingerprint density at radius 2 is 2.08 bits per heavy atom. The lowest BCUT2D eigenvalue weighted by Crippen LogP contribution is -2.38. The van der Waals surface area contributed by atoms with Crippen molar-refractivity contribution in [1.82, 2.24) is 15.6 Å². The van der Waals surface area contributed by atoms with Crippen LogP contribution in [0.2, 0.25) is 0 Å². The second-order valence-corrected chi connectivity index (χ2v) is 6.29. The molecule has 0 radical (unpaired) electrons. The standard InChI is InChI=1S/C16H20F2N4S.HI/c1-3-19-16(20-7-6-15-21-9-11(2)23-15)22-10-12-8-13(17)4-5-14(12)18;/h4-5,8-9H,3,6-7,10H2,1-2H3,(H2,19,20,22);1H. The molecule has 0 aliphatic carbocycles. The van der Waals surface area contributed by atoms with Gasteiger partial charge in [0.2, 0.25) is 0 Å². The summed E-state index contributed by atoms with van der Waals surface area (Å²) in [7, 11) is 0. The zero-order valence-electron chi connectivity index (χ0n) is 13.6. The van der Waals surface area contributed by atoms with Gasteiger partial charge in [-0.3, -0.25) is 0 Å². The molecule has 0 atom stereocenters. The zero-order chi connectivity index (χ0) is 16.7. The Bertz CT molecular complexity index is 676. The normalized spacial score (nSPS) is 11.1. The first-order chi connectivity index (χ1) is 11.1. The summed E-state index contributed by atoms with van der Waals surface area (Å²) in [6, 6.07) is 3.38. The molecule has 132 valence electrons. The lowest BCUT2D eigenvalue weighted by molar-refractivity contribution is 0.585. The van der Waals surface area contributed by atoms with Crippen molar-refractivity contribution in [1.29, 1.82) is 0 Å². The number of guanidine groups is 1. The highest BCUT2D eigenvalue weighted by Gasteiger charge is 2.05. The van der Waals surface area contributed by atoms with E-state index in [4.69, 9.17) is 0 Å². The van der Waals surface area contributed by atoms with Crippen molar-refractivity contribution >= 4 is 41.3 Å². The summed E-state index contributed by atoms with van der Waals surface area (Å²) in [6.07, 6.45) is 2.64. The number of aryl methyl sites for hydroxylation is 1. The maximum Gasteiger partial charge on any atom is 0.191 e. The van der Waals surface area contributed by atoms with Crippen LogP contribution in [-0.2, 0) is 13.0 Å². The molecule has 2 aromatic rings. The maximum atomic E-state index is 13.6. The summed E-state index contributed by atoms with van der Waals surface area (Å²) in [5.41, 5.74) is 0.234. The summed E-state index contributed by atoms with van der Waals surface area (Å²) >= 11 is 1.66. The fraction of sp³-hybridized carbons (Fsp3) is 0.375. The van der Waals surface area contributed by atoms with Crippen molar-refractivity contribution in [2.24, 2.45) is 4.99 Å². The molecule has 24 heavy (non-hydrogen) atoms. The fourth-order valence-corrected chi connectivity index (χ4v) is 2.76. The van der Waals surface area contributed by atoms with Gasteiger partial charge in [0, 0.05) is 36.1 Å². The van der Waals surface area contributed by atoms with Gasteiger partial charge >= 0.3 is 0 Å². The van der Waals surface area contributed by atoms with Gasteiger partial charge in [0.05, 0.1) is 11.6 Å². The van der Waals surface area contributed by atoms with Crippen molar-refractivity contribution in [2.75, 3.05) is 13.1 Å². The number of rotatable bonds is 6. The van der Waals surface area contributed by atoms with E-state index in [-0.39, 0.29) is 36.1 Å². The minimum atomic E-state index is -0.464. The van der Waals surface area contributed by atoms with Crippen molar-refractivity contribution in [2.45, 2.75) is 26.8 Å². The summed E-state index contributed by atoms with van der Waals surface area (Å²) in [5.74, 6) is -0.345. The summed E-state index contributed by atoms with van der Waals surface area (Å²) in [5, 5.41) is 7.31. The number of thiazole rings is 1. The topological polar surface area (TPSA) is 49.3 Å². The van der Waals surface area contributed by atoms with Gasteiger partial charge in [-0.25, -0.2) is 18.8 Å². The number of hydrogen-bond acceptors (Lipinski definition) is 3. The lowest BCUT2D eigenvalue weighted by atomic mass is 10.2. The third kappa shape index (κ3) is 6.68. The number of halogens is 3. The van der Waals surface area contributed by atoms with Crippen LogP contribution in [0.1, 0.15) is 22.4 Å². The summed E-state index contributed by atoms with van der Waals surface area (Å²) < 4.78 is 26.8. The van der Waals surface area contributed by atoms with Crippen molar-refractivity contribution in [3.63, 3.8) is 0 Å². The number of benzene rings is 1. The minimum absolute atomic E-state index is 0. The van der Waals surface area contributed by atoms with E-state index >= 15 is 0 Å². The smallest absolute Gasteiger partial charge is 0.191 e. The molecule has 2 rings (SSSR count). The molecule has 1 aromatic carbocycles. The van der Waals surface area contributed by atoms with Crippen LogP contribution in [0.5, 0.6) is 0 Å². The molecular weight excluding hydrogens is 445 g/mol. The van der Waals surface area contributed by atoms with Gasteiger partial charge in [0.15, 0.2) is 5.96 Å². The molecular formula is C16H21F2IN4S. The predicted octanol–water partition coefficient (Wildman–Crippen LogP) is 3.65. The van der Waals surface area contributed by atoms with Crippen LogP contribution in [0.4, 0.5) is 8.78 Å². The molecule has 0 bridgehead atoms. The molecule has 8 heteroatoms. The molecule has 4 nitrogen and oxygen atoms in total. The van der Waals surface area contributed by atoms with Crippen LogP contribution in [-0.4, -0.2) is 24.0 Å². The zero-order valence-corrected chi connectivity index (χ0v) is 16.8. The van der Waals surface area contributed by atoms with Crippen molar-refractivity contribution in [3.05, 3.63) is 51.5 Å². The van der Waals surface area contributed by atoms with Crippen LogP contribution >= 0.6 is 35.3 Å². The average molecular weight is 466 g/mol. The van der Waals surface area contributed by atoms with E-state index in [1.165, 1.54) is 10.9 Å². The van der Waals surface area contributed by atoms with Crippen LogP contribution in [0.15, 0.2) is 29.4 Å². The van der Waals surface area contributed by atoms with E-state index in [2.05, 4.69) is 20.6 Å². The monoisotopic (exact) mass is 466 g/mol. The van der Waals surface area contributed by atoms with Gasteiger partial charge in [-0.15, -0.1) is 35.3 Å². The molecule has 0 spiro atoms. The lowest BCUT2D eigenvalue weighted by Gasteiger charge is -2.10. The predicted molar refractivity (Wildman–Crippen MR) is 105 cm³/mol. The van der Waals surface area contributed by atoms with E-state index in [0.717, 1.165) is 23.6 Å². The van der Waals surface area contributed by atoms with Gasteiger partial charge in [0.25, 0.3) is 0 Å². The van der Waals surface area contributed by atoms with Gasteiger partial charge in [-0.05, 0) is 32.0 Å². The second kappa shape index (κ2) is 10.5. The molecule has 0 amide bonds. The molecule has 0 fully saturated rings. The Labute approximate surface area is 161 Å². The third-order valence-electron chi connectivity index (χ3n) is 3.06. The Hall–Kier alpha value is -1.29. The molecule has 0 aliphatic rings. The molecule has 0 unspecified atom stereocenters. The first-order valence-corrected chi connectivity index (χ1v) is 8.27. The Balaban J connectivity index is 0.00000288. The van der Waals surface area contributed by atoms with E-state index < -0.39 is 11.6 Å². The van der Waals surface area contributed by atoms with Crippen molar-refractivity contribution < 1.29 is 8.78 Å². The minimum Gasteiger partial charge on any atom is -0.357 e. The molecule has 0 saturated carbocycles. The summed E-state index contributed by atoms with van der Waals surface area (Å²) in [4.78, 5) is 9.78. The van der Waals surface area contributed by atoms with Crippen LogP contribution in [0, 0.1) is 18.6 Å². The van der Waals surface area contributed by atoms with Crippen molar-refractivity contribution in [3.8, 4) is 0 Å². The molecule has 0 saturated heterocycles. The molecule has 2 N–H and O–H groups in total.